The summed E-state index contributed by atoms with van der Waals surface area (Å²) in [5.41, 5.74) is 2.86. The lowest BCUT2D eigenvalue weighted by Crippen LogP contribution is -2.19. The van der Waals surface area contributed by atoms with E-state index in [-0.39, 0.29) is 11.8 Å². The fourth-order valence-electron chi connectivity index (χ4n) is 2.23. The summed E-state index contributed by atoms with van der Waals surface area (Å²) in [4.78, 5) is 24.3. The molecule has 0 fully saturated rings. The first-order valence-electron chi connectivity index (χ1n) is 6.54. The highest BCUT2D eigenvalue weighted by molar-refractivity contribution is 7.98. The number of nitrogens with one attached hydrogen (secondary N) is 2. The van der Waals surface area contributed by atoms with Crippen LogP contribution in [0.3, 0.4) is 0 Å². The van der Waals surface area contributed by atoms with Crippen molar-refractivity contribution in [3.05, 3.63) is 59.2 Å². The largest absolute Gasteiger partial charge is 0.381 e. The zero-order valence-corrected chi connectivity index (χ0v) is 12.3. The number of hydrogen-bond acceptors (Lipinski definition) is 4. The predicted molar refractivity (Wildman–Crippen MR) is 83.8 cm³/mol. The van der Waals surface area contributed by atoms with Gasteiger partial charge in [-0.3, -0.25) is 14.9 Å². The molecule has 4 nitrogen and oxygen atoms in total. The van der Waals surface area contributed by atoms with E-state index in [1.807, 2.05) is 12.3 Å². The summed E-state index contributed by atoms with van der Waals surface area (Å²) in [6, 6.07) is 13.5. The molecular formula is C16H14N2O2S. The molecule has 5 heteroatoms. The Morgan fingerprint density at radius 3 is 2.43 bits per heavy atom. The molecular weight excluding hydrogens is 284 g/mol. The maximum atomic E-state index is 11.6. The second-order valence-corrected chi connectivity index (χ2v) is 5.62. The third-order valence-corrected chi connectivity index (χ3v) is 4.14. The van der Waals surface area contributed by atoms with Gasteiger partial charge >= 0.3 is 0 Å². The van der Waals surface area contributed by atoms with Crippen molar-refractivity contribution in [3.63, 3.8) is 0 Å². The molecule has 2 amide bonds. The highest BCUT2D eigenvalue weighted by Crippen LogP contribution is 2.21. The quantitative estimate of drug-likeness (QED) is 0.673. The van der Waals surface area contributed by atoms with E-state index >= 15 is 0 Å². The standard InChI is InChI=1S/C16H14N2O2S/c1-21-12-5-2-10(3-6-12)9-17-11-4-7-13-14(8-11)16(20)18-15(13)19/h2-8,17H,9H2,1H3,(H,18,19,20). The molecule has 0 atom stereocenters. The summed E-state index contributed by atoms with van der Waals surface area (Å²) in [6.07, 6.45) is 2.05. The molecule has 0 saturated heterocycles. The Morgan fingerprint density at radius 1 is 1.00 bits per heavy atom. The molecule has 2 N–H and O–H groups in total. The predicted octanol–water partition coefficient (Wildman–Crippen LogP) is 2.90. The molecule has 0 unspecified atom stereocenters. The van der Waals surface area contributed by atoms with Crippen LogP contribution in [0.15, 0.2) is 47.4 Å². The summed E-state index contributed by atoms with van der Waals surface area (Å²) in [7, 11) is 0. The maximum absolute atomic E-state index is 11.6. The molecule has 1 aliphatic heterocycles. The molecule has 106 valence electrons. The number of imide groups is 1. The normalized spacial score (nSPS) is 13.0. The van der Waals surface area contributed by atoms with E-state index in [0.717, 1.165) is 11.3 Å². The van der Waals surface area contributed by atoms with E-state index in [4.69, 9.17) is 0 Å². The lowest BCUT2D eigenvalue weighted by molar-refractivity contribution is 0.0879. The molecule has 0 spiro atoms. The number of amides is 2. The van der Waals surface area contributed by atoms with Gasteiger partial charge in [0.2, 0.25) is 0 Å². The highest BCUT2D eigenvalue weighted by atomic mass is 32.2. The third kappa shape index (κ3) is 2.78. The van der Waals surface area contributed by atoms with Crippen molar-refractivity contribution in [3.8, 4) is 0 Å². The number of anilines is 1. The monoisotopic (exact) mass is 298 g/mol. The van der Waals surface area contributed by atoms with Gasteiger partial charge in [0, 0.05) is 17.1 Å². The fraction of sp³-hybridized carbons (Fsp3) is 0.125. The van der Waals surface area contributed by atoms with Crippen LogP contribution in [0.4, 0.5) is 5.69 Å². The van der Waals surface area contributed by atoms with Crippen LogP contribution < -0.4 is 10.6 Å². The number of benzene rings is 2. The Kier molecular flexibility index (Phi) is 3.66. The van der Waals surface area contributed by atoms with Crippen LogP contribution in [0.1, 0.15) is 26.3 Å². The molecule has 2 aromatic carbocycles. The lowest BCUT2D eigenvalue weighted by atomic mass is 10.1. The minimum absolute atomic E-state index is 0.325. The number of carbonyl (C=O) groups is 2. The third-order valence-electron chi connectivity index (χ3n) is 3.39. The Bertz CT molecular complexity index is 711. The second kappa shape index (κ2) is 5.61. The van der Waals surface area contributed by atoms with Crippen molar-refractivity contribution < 1.29 is 9.59 Å². The SMILES string of the molecule is CSc1ccc(CNc2ccc3c(c2)C(=O)NC3=O)cc1. The average Bonchev–Trinajstić information content (AvgIpc) is 2.80. The molecule has 3 rings (SSSR count). The fourth-order valence-corrected chi connectivity index (χ4v) is 2.63. The Labute approximate surface area is 126 Å². The molecule has 1 aliphatic rings. The lowest BCUT2D eigenvalue weighted by Gasteiger charge is -2.08. The van der Waals surface area contributed by atoms with Gasteiger partial charge in [0.05, 0.1) is 11.1 Å². The zero-order valence-electron chi connectivity index (χ0n) is 11.5. The number of fused-ring (bicyclic) bond motifs is 1. The molecule has 2 aromatic rings. The zero-order chi connectivity index (χ0) is 14.8. The van der Waals surface area contributed by atoms with Gasteiger partial charge < -0.3 is 5.32 Å². The van der Waals surface area contributed by atoms with Crippen LogP contribution >= 0.6 is 11.8 Å². The maximum Gasteiger partial charge on any atom is 0.259 e. The van der Waals surface area contributed by atoms with Crippen molar-refractivity contribution in [1.29, 1.82) is 0 Å². The van der Waals surface area contributed by atoms with E-state index in [2.05, 4.69) is 34.9 Å². The summed E-state index contributed by atoms with van der Waals surface area (Å²) in [6.45, 7) is 0.670. The van der Waals surface area contributed by atoms with Gasteiger partial charge in [-0.05, 0) is 42.2 Å². The van der Waals surface area contributed by atoms with Crippen molar-refractivity contribution in [1.82, 2.24) is 5.32 Å². The summed E-state index contributed by atoms with van der Waals surface area (Å²) >= 11 is 1.71. The summed E-state index contributed by atoms with van der Waals surface area (Å²) in [5, 5.41) is 5.55. The number of carbonyl (C=O) groups excluding carboxylic acids is 2. The first-order chi connectivity index (χ1) is 10.2. The molecule has 0 saturated carbocycles. The summed E-state index contributed by atoms with van der Waals surface area (Å²) < 4.78 is 0. The first-order valence-corrected chi connectivity index (χ1v) is 7.76. The van der Waals surface area contributed by atoms with Crippen LogP contribution in [0, 0.1) is 0 Å². The van der Waals surface area contributed by atoms with Gasteiger partial charge in [-0.15, -0.1) is 11.8 Å². The van der Waals surface area contributed by atoms with Crippen LogP contribution in [-0.2, 0) is 6.54 Å². The first kappa shape index (κ1) is 13.7. The highest BCUT2D eigenvalue weighted by Gasteiger charge is 2.26. The van der Waals surface area contributed by atoms with E-state index in [9.17, 15) is 9.59 Å². The van der Waals surface area contributed by atoms with Gasteiger partial charge in [0.15, 0.2) is 0 Å². The van der Waals surface area contributed by atoms with Crippen molar-refractivity contribution in [2.75, 3.05) is 11.6 Å². The van der Waals surface area contributed by atoms with Crippen molar-refractivity contribution in [2.24, 2.45) is 0 Å². The number of hydrogen-bond donors (Lipinski definition) is 2. The van der Waals surface area contributed by atoms with Gasteiger partial charge in [-0.25, -0.2) is 0 Å². The average molecular weight is 298 g/mol. The van der Waals surface area contributed by atoms with E-state index < -0.39 is 0 Å². The molecule has 0 aromatic heterocycles. The Morgan fingerprint density at radius 2 is 1.71 bits per heavy atom. The number of thioether (sulfide) groups is 1. The Hall–Kier alpha value is -2.27. The van der Waals surface area contributed by atoms with E-state index in [1.54, 1.807) is 23.9 Å². The minimum atomic E-state index is -0.331. The van der Waals surface area contributed by atoms with Gasteiger partial charge in [0.25, 0.3) is 11.8 Å². The molecule has 1 heterocycles. The van der Waals surface area contributed by atoms with Gasteiger partial charge in [0.1, 0.15) is 0 Å². The molecule has 0 radical (unpaired) electrons. The smallest absolute Gasteiger partial charge is 0.259 e. The van der Waals surface area contributed by atoms with Crippen LogP contribution in [0.25, 0.3) is 0 Å². The Balaban J connectivity index is 1.72. The number of rotatable bonds is 4. The summed E-state index contributed by atoms with van der Waals surface area (Å²) in [5.74, 6) is -0.655. The van der Waals surface area contributed by atoms with Gasteiger partial charge in [-0.1, -0.05) is 12.1 Å². The van der Waals surface area contributed by atoms with Crippen LogP contribution in [0.2, 0.25) is 0 Å². The minimum Gasteiger partial charge on any atom is -0.381 e. The van der Waals surface area contributed by atoms with E-state index in [0.29, 0.717) is 17.7 Å². The molecule has 0 bridgehead atoms. The van der Waals surface area contributed by atoms with Crippen LogP contribution in [-0.4, -0.2) is 18.1 Å². The van der Waals surface area contributed by atoms with Crippen LogP contribution in [0.5, 0.6) is 0 Å². The molecule has 21 heavy (non-hydrogen) atoms. The van der Waals surface area contributed by atoms with Crippen molar-refractivity contribution >= 4 is 29.3 Å². The second-order valence-electron chi connectivity index (χ2n) is 4.75. The van der Waals surface area contributed by atoms with E-state index in [1.165, 1.54) is 4.90 Å². The van der Waals surface area contributed by atoms with Gasteiger partial charge in [-0.2, -0.15) is 0 Å². The molecule has 0 aliphatic carbocycles. The van der Waals surface area contributed by atoms with Crippen molar-refractivity contribution in [2.45, 2.75) is 11.4 Å². The topological polar surface area (TPSA) is 58.2 Å².